The van der Waals surface area contributed by atoms with Crippen molar-refractivity contribution in [3.8, 4) is 5.75 Å². The van der Waals surface area contributed by atoms with Crippen LogP contribution in [-0.2, 0) is 17.9 Å². The van der Waals surface area contributed by atoms with Gasteiger partial charge in [-0.05, 0) is 29.8 Å². The number of carbonyl (C=O) groups is 1. The topological polar surface area (TPSA) is 57.7 Å². The third-order valence-electron chi connectivity index (χ3n) is 4.99. The number of nitrogens with zero attached hydrogens (tertiary/aromatic N) is 3. The first-order valence-electron chi connectivity index (χ1n) is 9.14. The number of hydrogen-bond acceptors (Lipinski definition) is 5. The average Bonchev–Trinajstić information content (AvgIpc) is 2.68. The number of carbonyl (C=O) groups excluding carboxylic acids is 1. The highest BCUT2D eigenvalue weighted by Gasteiger charge is 2.34. The van der Waals surface area contributed by atoms with Crippen LogP contribution in [-0.4, -0.2) is 59.5 Å². The molecule has 136 valence electrons. The van der Waals surface area contributed by atoms with Gasteiger partial charge in [0, 0.05) is 45.5 Å². The Morgan fingerprint density at radius 3 is 3.00 bits per heavy atom. The maximum Gasteiger partial charge on any atom is 0.238 e. The van der Waals surface area contributed by atoms with Crippen molar-refractivity contribution >= 4 is 5.91 Å². The molecular weight excluding hydrogens is 328 g/mol. The van der Waals surface area contributed by atoms with Crippen molar-refractivity contribution in [2.24, 2.45) is 0 Å². The summed E-state index contributed by atoms with van der Waals surface area (Å²) < 4.78 is 5.87. The smallest absolute Gasteiger partial charge is 0.238 e. The second-order valence-electron chi connectivity index (χ2n) is 6.84. The van der Waals surface area contributed by atoms with Gasteiger partial charge >= 0.3 is 0 Å². The number of hydrogen-bond donors (Lipinski definition) is 1. The van der Waals surface area contributed by atoms with Crippen molar-refractivity contribution in [3.63, 3.8) is 0 Å². The van der Waals surface area contributed by atoms with E-state index < -0.39 is 0 Å². The van der Waals surface area contributed by atoms with Crippen molar-refractivity contribution < 1.29 is 9.53 Å². The summed E-state index contributed by atoms with van der Waals surface area (Å²) in [5.74, 6) is 1.01. The lowest BCUT2D eigenvalue weighted by Crippen LogP contribution is -2.63. The maximum atomic E-state index is 12.1. The summed E-state index contributed by atoms with van der Waals surface area (Å²) in [5.41, 5.74) is 2.12. The van der Waals surface area contributed by atoms with Gasteiger partial charge in [0.05, 0.1) is 5.69 Å². The van der Waals surface area contributed by atoms with E-state index in [1.807, 2.05) is 30.3 Å². The van der Waals surface area contributed by atoms with E-state index >= 15 is 0 Å². The Hall–Kier alpha value is -2.44. The molecule has 0 radical (unpaired) electrons. The number of aromatic nitrogens is 1. The molecule has 26 heavy (non-hydrogen) atoms. The van der Waals surface area contributed by atoms with E-state index in [4.69, 9.17) is 4.74 Å². The van der Waals surface area contributed by atoms with Crippen molar-refractivity contribution in [1.82, 2.24) is 20.1 Å². The van der Waals surface area contributed by atoms with Crippen LogP contribution >= 0.6 is 0 Å². The van der Waals surface area contributed by atoms with Crippen molar-refractivity contribution in [1.29, 1.82) is 0 Å². The minimum absolute atomic E-state index is 0.0129. The van der Waals surface area contributed by atoms with Crippen LogP contribution in [0.3, 0.4) is 0 Å². The number of ether oxygens (including phenoxy) is 1. The number of rotatable bonds is 5. The highest BCUT2D eigenvalue weighted by Crippen LogP contribution is 2.19. The Kier molecular flexibility index (Phi) is 5.13. The average molecular weight is 352 g/mol. The third-order valence-corrected chi connectivity index (χ3v) is 4.99. The quantitative estimate of drug-likeness (QED) is 0.878. The number of amides is 1. The van der Waals surface area contributed by atoms with Gasteiger partial charge in [-0.2, -0.15) is 0 Å². The Morgan fingerprint density at radius 2 is 2.12 bits per heavy atom. The van der Waals surface area contributed by atoms with E-state index in [9.17, 15) is 4.79 Å². The van der Waals surface area contributed by atoms with Gasteiger partial charge in [0.15, 0.2) is 0 Å². The molecule has 2 aliphatic rings. The fraction of sp³-hybridized carbons (Fsp3) is 0.400. The zero-order valence-corrected chi connectivity index (χ0v) is 14.8. The molecule has 0 saturated carbocycles. The van der Waals surface area contributed by atoms with Gasteiger partial charge in [0.1, 0.15) is 18.4 Å². The molecule has 0 spiro atoms. The van der Waals surface area contributed by atoms with Crippen LogP contribution in [0.15, 0.2) is 48.7 Å². The van der Waals surface area contributed by atoms with Gasteiger partial charge in [-0.1, -0.05) is 18.2 Å². The number of piperazine rings is 2. The third kappa shape index (κ3) is 4.03. The van der Waals surface area contributed by atoms with Crippen LogP contribution in [0.2, 0.25) is 0 Å². The fourth-order valence-electron chi connectivity index (χ4n) is 3.61. The summed E-state index contributed by atoms with van der Waals surface area (Å²) in [6.07, 6.45) is 1.77. The first-order valence-corrected chi connectivity index (χ1v) is 9.14. The molecule has 3 heterocycles. The van der Waals surface area contributed by atoms with Gasteiger partial charge in [0.25, 0.3) is 0 Å². The van der Waals surface area contributed by atoms with Crippen molar-refractivity contribution in [2.45, 2.75) is 19.2 Å². The molecule has 2 fully saturated rings. The predicted octanol–water partition coefficient (Wildman–Crippen LogP) is 1.28. The Labute approximate surface area is 153 Å². The van der Waals surface area contributed by atoms with E-state index in [0.29, 0.717) is 6.61 Å². The van der Waals surface area contributed by atoms with Crippen LogP contribution in [0, 0.1) is 0 Å². The van der Waals surface area contributed by atoms with Crippen LogP contribution < -0.4 is 10.1 Å². The summed E-state index contributed by atoms with van der Waals surface area (Å²) in [5, 5.41) is 2.97. The van der Waals surface area contributed by atoms with E-state index in [1.165, 1.54) is 5.56 Å². The molecule has 1 aromatic carbocycles. The second-order valence-corrected chi connectivity index (χ2v) is 6.84. The van der Waals surface area contributed by atoms with Gasteiger partial charge in [-0.3, -0.25) is 19.6 Å². The van der Waals surface area contributed by atoms with Gasteiger partial charge in [0.2, 0.25) is 5.91 Å². The summed E-state index contributed by atoms with van der Waals surface area (Å²) in [6, 6.07) is 14.0. The van der Waals surface area contributed by atoms with E-state index in [0.717, 1.165) is 50.7 Å². The second kappa shape index (κ2) is 7.85. The lowest BCUT2D eigenvalue weighted by atomic mass is 10.1. The molecule has 6 heteroatoms. The molecule has 0 bridgehead atoms. The summed E-state index contributed by atoms with van der Waals surface area (Å²) in [7, 11) is 0. The molecule has 2 aromatic rings. The lowest BCUT2D eigenvalue weighted by molar-refractivity contribution is -0.131. The molecule has 1 amide bonds. The zero-order valence-electron chi connectivity index (χ0n) is 14.8. The highest BCUT2D eigenvalue weighted by molar-refractivity contribution is 5.82. The number of nitrogens with one attached hydrogen (secondary N) is 1. The Bertz CT molecular complexity index is 752. The monoisotopic (exact) mass is 352 g/mol. The summed E-state index contributed by atoms with van der Waals surface area (Å²) in [6.45, 7) is 5.75. The Balaban J connectivity index is 1.35. The zero-order chi connectivity index (χ0) is 17.8. The first kappa shape index (κ1) is 17.0. The number of pyridine rings is 1. The van der Waals surface area contributed by atoms with Gasteiger partial charge in [-0.15, -0.1) is 0 Å². The van der Waals surface area contributed by atoms with Crippen LogP contribution in [0.4, 0.5) is 0 Å². The van der Waals surface area contributed by atoms with E-state index in [1.54, 1.807) is 6.20 Å². The standard InChI is InChI=1S/C20H24N4O2/c25-20-19-14-23(10-11-24(19)9-8-22-20)13-16-4-3-6-18(12-16)26-15-17-5-1-2-7-21-17/h1-7,12,19H,8-11,13-15H2,(H,22,25)/t19-/m0/s1. The van der Waals surface area contributed by atoms with Gasteiger partial charge < -0.3 is 10.1 Å². The normalized spacial score (nSPS) is 21.1. The van der Waals surface area contributed by atoms with Crippen LogP contribution in [0.5, 0.6) is 5.75 Å². The number of fused-ring (bicyclic) bond motifs is 1. The molecule has 2 aliphatic heterocycles. The molecule has 0 aliphatic carbocycles. The molecule has 1 aromatic heterocycles. The van der Waals surface area contributed by atoms with E-state index in [-0.39, 0.29) is 11.9 Å². The molecule has 1 atom stereocenters. The minimum Gasteiger partial charge on any atom is -0.487 e. The van der Waals surface area contributed by atoms with Crippen molar-refractivity contribution in [2.75, 3.05) is 32.7 Å². The molecule has 2 saturated heterocycles. The first-order chi connectivity index (χ1) is 12.8. The summed E-state index contributed by atoms with van der Waals surface area (Å²) in [4.78, 5) is 21.0. The van der Waals surface area contributed by atoms with Crippen molar-refractivity contribution in [3.05, 3.63) is 59.9 Å². The Morgan fingerprint density at radius 1 is 1.15 bits per heavy atom. The number of benzene rings is 1. The molecular formula is C20H24N4O2. The largest absolute Gasteiger partial charge is 0.487 e. The molecule has 6 nitrogen and oxygen atoms in total. The minimum atomic E-state index is -0.0129. The van der Waals surface area contributed by atoms with Gasteiger partial charge in [-0.25, -0.2) is 0 Å². The van der Waals surface area contributed by atoms with Crippen LogP contribution in [0.25, 0.3) is 0 Å². The fourth-order valence-corrected chi connectivity index (χ4v) is 3.61. The molecule has 4 rings (SSSR count). The SMILES string of the molecule is O=C1NCCN2CCN(Cc3cccc(OCc4ccccn4)c3)C[C@@H]12. The molecule has 0 unspecified atom stereocenters. The highest BCUT2D eigenvalue weighted by atomic mass is 16.5. The van der Waals surface area contributed by atoms with Crippen LogP contribution in [0.1, 0.15) is 11.3 Å². The maximum absolute atomic E-state index is 12.1. The summed E-state index contributed by atoms with van der Waals surface area (Å²) >= 11 is 0. The predicted molar refractivity (Wildman–Crippen MR) is 98.7 cm³/mol. The molecule has 1 N–H and O–H groups in total. The lowest BCUT2D eigenvalue weighted by Gasteiger charge is -2.43. The van der Waals surface area contributed by atoms with E-state index in [2.05, 4.69) is 32.2 Å².